The van der Waals surface area contributed by atoms with Crippen molar-refractivity contribution >= 4 is 21.5 Å². The van der Waals surface area contributed by atoms with Gasteiger partial charge in [0.1, 0.15) is 6.67 Å². The van der Waals surface area contributed by atoms with Gasteiger partial charge < -0.3 is 22.2 Å². The molecule has 161 valence electrons. The first-order valence-corrected chi connectivity index (χ1v) is 10.3. The zero-order chi connectivity index (χ0) is 19.8. The predicted octanol–water partition coefficient (Wildman–Crippen LogP) is 4.02. The summed E-state index contributed by atoms with van der Waals surface area (Å²) in [5, 5.41) is 5.23. The van der Waals surface area contributed by atoms with E-state index >= 15 is 0 Å². The van der Waals surface area contributed by atoms with Crippen LogP contribution in [0.25, 0.3) is 21.5 Å². The SMILES string of the molecule is C[C@@H](c1cccc2ccccc12)N1[CH]N([C@@H](C)c2cccc3ccccc23)C=C1.[Ag+].[Cl-]. The summed E-state index contributed by atoms with van der Waals surface area (Å²) in [6.45, 7) is 6.78. The Morgan fingerprint density at radius 2 is 0.935 bits per heavy atom. The van der Waals surface area contributed by atoms with E-state index in [0.29, 0.717) is 0 Å². The zero-order valence-corrected chi connectivity index (χ0v) is 19.8. The van der Waals surface area contributed by atoms with Gasteiger partial charge in [-0.05, 0) is 46.5 Å². The Morgan fingerprint density at radius 1 is 0.548 bits per heavy atom. The molecule has 0 aliphatic carbocycles. The molecule has 0 fully saturated rings. The minimum Gasteiger partial charge on any atom is -1.00 e. The summed E-state index contributed by atoms with van der Waals surface area (Å²) in [5.41, 5.74) is 2.70. The van der Waals surface area contributed by atoms with Crippen LogP contribution in [0.3, 0.4) is 0 Å². The van der Waals surface area contributed by atoms with Crippen molar-refractivity contribution < 1.29 is 34.8 Å². The molecule has 1 heterocycles. The van der Waals surface area contributed by atoms with Crippen LogP contribution in [0.4, 0.5) is 0 Å². The third-order valence-corrected chi connectivity index (χ3v) is 6.12. The first-order valence-electron chi connectivity index (χ1n) is 10.3. The Hall–Kier alpha value is -2.23. The summed E-state index contributed by atoms with van der Waals surface area (Å²) in [6.07, 6.45) is 4.38. The molecule has 0 saturated carbocycles. The summed E-state index contributed by atoms with van der Waals surface area (Å²) in [6, 6.07) is 31.0. The van der Waals surface area contributed by atoms with Crippen LogP contribution in [0.5, 0.6) is 0 Å². The average Bonchev–Trinajstić information content (AvgIpc) is 3.28. The molecule has 0 amide bonds. The van der Waals surface area contributed by atoms with E-state index in [1.54, 1.807) is 0 Å². The van der Waals surface area contributed by atoms with Gasteiger partial charge in [-0.2, -0.15) is 0 Å². The maximum atomic E-state index is 2.31. The van der Waals surface area contributed by atoms with Gasteiger partial charge >= 0.3 is 22.4 Å². The number of halogens is 1. The van der Waals surface area contributed by atoms with E-state index in [0.717, 1.165) is 0 Å². The van der Waals surface area contributed by atoms with Crippen molar-refractivity contribution in [1.82, 2.24) is 9.80 Å². The smallest absolute Gasteiger partial charge is 1.00 e. The summed E-state index contributed by atoms with van der Waals surface area (Å²) in [4.78, 5) is 4.62. The molecule has 0 saturated heterocycles. The number of hydrogen-bond acceptors (Lipinski definition) is 2. The molecule has 5 rings (SSSR count). The molecule has 0 spiro atoms. The number of rotatable bonds is 4. The van der Waals surface area contributed by atoms with E-state index in [-0.39, 0.29) is 46.9 Å². The van der Waals surface area contributed by atoms with E-state index in [9.17, 15) is 0 Å². The molecular formula is C27H25AgClN2. The molecule has 2 nitrogen and oxygen atoms in total. The van der Waals surface area contributed by atoms with E-state index in [2.05, 4.69) is 128 Å². The topological polar surface area (TPSA) is 6.48 Å². The number of benzene rings is 4. The molecule has 1 radical (unpaired) electrons. The van der Waals surface area contributed by atoms with Gasteiger partial charge in [-0.25, -0.2) is 0 Å². The molecule has 1 aliphatic heterocycles. The van der Waals surface area contributed by atoms with Gasteiger partial charge in [0.2, 0.25) is 0 Å². The second-order valence-electron chi connectivity index (χ2n) is 7.80. The molecule has 0 aromatic heterocycles. The Labute approximate surface area is 206 Å². The molecule has 1 aliphatic rings. The van der Waals surface area contributed by atoms with E-state index < -0.39 is 0 Å². The van der Waals surface area contributed by atoms with E-state index in [1.165, 1.54) is 32.7 Å². The fraction of sp³-hybridized carbons (Fsp3) is 0.148. The van der Waals surface area contributed by atoms with Crippen molar-refractivity contribution in [3.8, 4) is 0 Å². The van der Waals surface area contributed by atoms with Gasteiger partial charge in [0.05, 0.1) is 12.1 Å². The quantitative estimate of drug-likeness (QED) is 0.375. The largest absolute Gasteiger partial charge is 1.00 e. The number of nitrogens with zero attached hydrogens (tertiary/aromatic N) is 2. The van der Waals surface area contributed by atoms with Crippen molar-refractivity contribution in [1.29, 1.82) is 0 Å². The van der Waals surface area contributed by atoms with E-state index in [4.69, 9.17) is 0 Å². The first kappa shape index (κ1) is 23.4. The summed E-state index contributed by atoms with van der Waals surface area (Å²) < 4.78 is 0. The van der Waals surface area contributed by atoms with Crippen molar-refractivity contribution in [2.45, 2.75) is 25.9 Å². The monoisotopic (exact) mass is 519 g/mol. The molecule has 4 heteroatoms. The summed E-state index contributed by atoms with van der Waals surface area (Å²) in [7, 11) is 0. The van der Waals surface area contributed by atoms with Gasteiger partial charge in [-0.3, -0.25) is 0 Å². The minimum atomic E-state index is 0. The minimum absolute atomic E-state index is 0. The maximum Gasteiger partial charge on any atom is 1.00 e. The normalized spacial score (nSPS) is 14.9. The van der Waals surface area contributed by atoms with Gasteiger partial charge in [-0.1, -0.05) is 84.9 Å². The third kappa shape index (κ3) is 4.40. The molecule has 0 bridgehead atoms. The number of hydrogen-bond donors (Lipinski definition) is 0. The standard InChI is InChI=1S/C27H25N2.Ag.ClH/c1-20(24-15-7-11-22-9-3-5-13-26(22)24)28-17-18-29(19-28)21(2)25-16-8-12-23-10-4-6-14-27(23)25;;/h3-21H,1-2H3;;1H/q;+1;/p-1/t20-,21-;;/m0../s1. The molecule has 31 heavy (non-hydrogen) atoms. The Balaban J connectivity index is 0.00000136. The van der Waals surface area contributed by atoms with Crippen molar-refractivity contribution in [3.05, 3.63) is 115 Å². The molecule has 0 N–H and O–H groups in total. The van der Waals surface area contributed by atoms with Gasteiger partial charge in [-0.15, -0.1) is 0 Å². The fourth-order valence-electron chi connectivity index (χ4n) is 4.39. The summed E-state index contributed by atoms with van der Waals surface area (Å²) >= 11 is 0. The van der Waals surface area contributed by atoms with Crippen molar-refractivity contribution in [2.24, 2.45) is 0 Å². The van der Waals surface area contributed by atoms with Crippen LogP contribution in [-0.4, -0.2) is 9.80 Å². The van der Waals surface area contributed by atoms with Crippen molar-refractivity contribution in [3.63, 3.8) is 0 Å². The second-order valence-corrected chi connectivity index (χ2v) is 7.80. The van der Waals surface area contributed by atoms with Crippen LogP contribution in [-0.2, 0) is 22.4 Å². The van der Waals surface area contributed by atoms with Crippen LogP contribution >= 0.6 is 0 Å². The van der Waals surface area contributed by atoms with Crippen LogP contribution in [0.2, 0.25) is 0 Å². The van der Waals surface area contributed by atoms with Crippen LogP contribution in [0.15, 0.2) is 97.3 Å². The van der Waals surface area contributed by atoms with Gasteiger partial charge in [0.15, 0.2) is 0 Å². The van der Waals surface area contributed by atoms with Gasteiger partial charge in [0.25, 0.3) is 0 Å². The first-order chi connectivity index (χ1) is 14.2. The van der Waals surface area contributed by atoms with Crippen molar-refractivity contribution in [2.75, 3.05) is 0 Å². The second kappa shape index (κ2) is 9.93. The molecule has 4 aromatic carbocycles. The zero-order valence-electron chi connectivity index (χ0n) is 17.5. The molecule has 4 aromatic rings. The third-order valence-electron chi connectivity index (χ3n) is 6.12. The molecule has 2 atom stereocenters. The Kier molecular flexibility index (Phi) is 7.51. The fourth-order valence-corrected chi connectivity index (χ4v) is 4.39. The van der Waals surface area contributed by atoms with Crippen LogP contribution in [0, 0.1) is 6.67 Å². The molecular weight excluding hydrogens is 496 g/mol. The Bertz CT molecular complexity index is 1100. The maximum absolute atomic E-state index is 2.31. The predicted molar refractivity (Wildman–Crippen MR) is 122 cm³/mol. The van der Waals surface area contributed by atoms with Crippen LogP contribution < -0.4 is 12.4 Å². The van der Waals surface area contributed by atoms with Gasteiger partial charge in [0, 0.05) is 12.4 Å². The molecule has 0 unspecified atom stereocenters. The summed E-state index contributed by atoms with van der Waals surface area (Å²) in [5.74, 6) is 0. The average molecular weight is 521 g/mol. The number of fused-ring (bicyclic) bond motifs is 2. The van der Waals surface area contributed by atoms with E-state index in [1.807, 2.05) is 0 Å². The Morgan fingerprint density at radius 3 is 1.39 bits per heavy atom. The van der Waals surface area contributed by atoms with Crippen LogP contribution in [0.1, 0.15) is 37.1 Å².